The van der Waals surface area contributed by atoms with Crippen LogP contribution in [0.15, 0.2) is 46.9 Å². The fraction of sp³-hybridized carbons (Fsp3) is 0.610. The number of rotatable bonds is 11. The summed E-state index contributed by atoms with van der Waals surface area (Å²) >= 11 is 1.27. The Hall–Kier alpha value is -4.90. The number of nitrogens with zero attached hydrogens (tertiary/aromatic N) is 3. The SMILES string of the molecule is CC(C)[C@@H]1NC(=O)[C@@H]2[C@H](C)CCN2C(=O)CN=C(N[C@H](C(=O)N[C@H](C(=O)N[C@H](CC(=O)NN)c2nccs2)[C@@H](C)c2ccccc2)C(C)(C)C)[C@H](C(C)(C)C)NC1=O. The van der Waals surface area contributed by atoms with E-state index in [1.165, 1.54) is 16.2 Å². The van der Waals surface area contributed by atoms with Crippen LogP contribution >= 0.6 is 11.3 Å². The third-order valence-corrected chi connectivity index (χ3v) is 11.7. The summed E-state index contributed by atoms with van der Waals surface area (Å²) in [6.45, 7) is 18.7. The Morgan fingerprint density at radius 3 is 2.21 bits per heavy atom. The maximum Gasteiger partial charge on any atom is 0.244 e. The van der Waals surface area contributed by atoms with Crippen molar-refractivity contribution in [3.8, 4) is 0 Å². The third-order valence-electron chi connectivity index (χ3n) is 10.8. The minimum Gasteiger partial charge on any atom is -0.360 e. The third kappa shape index (κ3) is 11.4. The second kappa shape index (κ2) is 19.2. The van der Waals surface area contributed by atoms with E-state index in [0.717, 1.165) is 5.56 Å². The van der Waals surface area contributed by atoms with Crippen LogP contribution < -0.4 is 37.9 Å². The summed E-state index contributed by atoms with van der Waals surface area (Å²) in [5.74, 6) is 1.89. The fourth-order valence-electron chi connectivity index (χ4n) is 7.33. The molecule has 6 amide bonds. The van der Waals surface area contributed by atoms with E-state index < -0.39 is 76.6 Å². The summed E-state index contributed by atoms with van der Waals surface area (Å²) in [6.07, 6.45) is 2.01. The van der Waals surface area contributed by atoms with Gasteiger partial charge in [0.25, 0.3) is 0 Å². The van der Waals surface area contributed by atoms with Crippen LogP contribution in [0.4, 0.5) is 0 Å². The molecule has 1 aromatic heterocycles. The van der Waals surface area contributed by atoms with Crippen LogP contribution in [-0.4, -0.2) is 94.5 Å². The number of nitrogens with one attached hydrogen (secondary N) is 6. The highest BCUT2D eigenvalue weighted by atomic mass is 32.1. The second-order valence-corrected chi connectivity index (χ2v) is 18.8. The molecule has 2 aliphatic heterocycles. The molecule has 0 spiro atoms. The molecule has 16 nitrogen and oxygen atoms in total. The van der Waals surface area contributed by atoms with Crippen molar-refractivity contribution >= 4 is 52.6 Å². The molecule has 3 heterocycles. The summed E-state index contributed by atoms with van der Waals surface area (Å²) in [5.41, 5.74) is 1.38. The molecule has 8 N–H and O–H groups in total. The number of carbonyl (C=O) groups excluding carboxylic acids is 6. The van der Waals surface area contributed by atoms with Crippen LogP contribution in [0.1, 0.15) is 105 Å². The Balaban J connectivity index is 1.76. The molecule has 0 radical (unpaired) electrons. The van der Waals surface area contributed by atoms with Gasteiger partial charge in [0.2, 0.25) is 35.4 Å². The maximum atomic E-state index is 14.8. The van der Waals surface area contributed by atoms with E-state index in [9.17, 15) is 28.8 Å². The van der Waals surface area contributed by atoms with Crippen molar-refractivity contribution in [2.75, 3.05) is 13.1 Å². The normalized spacial score (nSPS) is 22.8. The Bertz CT molecular complexity index is 1810. The topological polar surface area (TPSA) is 229 Å². The molecule has 1 saturated heterocycles. The van der Waals surface area contributed by atoms with E-state index in [1.807, 2.05) is 99.6 Å². The van der Waals surface area contributed by atoms with Crippen LogP contribution in [0.25, 0.3) is 0 Å². The Morgan fingerprint density at radius 1 is 0.966 bits per heavy atom. The molecule has 0 aliphatic carbocycles. The van der Waals surface area contributed by atoms with Gasteiger partial charge in [0.1, 0.15) is 41.6 Å². The van der Waals surface area contributed by atoms with Gasteiger partial charge in [-0.05, 0) is 34.7 Å². The number of thiazole rings is 1. The van der Waals surface area contributed by atoms with Crippen molar-refractivity contribution in [2.24, 2.45) is 33.5 Å². The minimum atomic E-state index is -1.13. The number of aliphatic imine (C=N–C) groups is 1. The van der Waals surface area contributed by atoms with Gasteiger partial charge in [-0.2, -0.15) is 0 Å². The minimum absolute atomic E-state index is 0.126. The van der Waals surface area contributed by atoms with Crippen LogP contribution in [0.5, 0.6) is 0 Å². The number of fused-ring (bicyclic) bond motifs is 1. The number of amides is 6. The summed E-state index contributed by atoms with van der Waals surface area (Å²) in [7, 11) is 0. The van der Waals surface area contributed by atoms with Crippen molar-refractivity contribution in [1.29, 1.82) is 0 Å². The predicted molar refractivity (Wildman–Crippen MR) is 223 cm³/mol. The first-order chi connectivity index (χ1) is 27.1. The lowest BCUT2D eigenvalue weighted by molar-refractivity contribution is -0.140. The molecule has 1 aromatic carbocycles. The standard InChI is InChI=1S/C41H62N10O6S/c1-22(2)29-35(54)49-32(40(5,6)7)34(44-21-28(53)51-18-16-23(3)31(51)37(56)46-29)48-33(41(8,9)10)38(57)47-30(24(4)25-14-12-11-13-15-25)36(55)45-26(20-27(52)50-42)39-43-17-19-58-39/h11-15,17,19,22-24,26,29-33H,16,18,20-21,42H2,1-10H3,(H,44,48)(H,45,55)(H,46,56)(H,47,57)(H,49,54)(H,50,52)/t23-,24+,26-,29+,30+,31+,32-,33-/m1/s1. The fourth-order valence-corrected chi connectivity index (χ4v) is 8.02. The molecule has 17 heteroatoms. The highest BCUT2D eigenvalue weighted by Gasteiger charge is 2.44. The molecular weight excluding hydrogens is 761 g/mol. The first-order valence-corrected chi connectivity index (χ1v) is 20.8. The molecule has 58 heavy (non-hydrogen) atoms. The van der Waals surface area contributed by atoms with E-state index in [-0.39, 0.29) is 42.5 Å². The molecule has 2 aromatic rings. The zero-order valence-electron chi connectivity index (χ0n) is 35.3. The maximum absolute atomic E-state index is 14.8. The molecule has 0 bridgehead atoms. The summed E-state index contributed by atoms with van der Waals surface area (Å²) in [4.78, 5) is 93.8. The first-order valence-electron chi connectivity index (χ1n) is 19.9. The van der Waals surface area contributed by atoms with E-state index in [4.69, 9.17) is 10.8 Å². The van der Waals surface area contributed by atoms with Crippen molar-refractivity contribution in [2.45, 2.75) is 124 Å². The average molecular weight is 823 g/mol. The van der Waals surface area contributed by atoms with Gasteiger partial charge in [-0.15, -0.1) is 11.3 Å². The van der Waals surface area contributed by atoms with Crippen LogP contribution in [-0.2, 0) is 28.8 Å². The molecular formula is C41H62N10O6S. The molecule has 0 saturated carbocycles. The van der Waals surface area contributed by atoms with Crippen molar-refractivity contribution in [3.63, 3.8) is 0 Å². The predicted octanol–water partition coefficient (Wildman–Crippen LogP) is 2.29. The summed E-state index contributed by atoms with van der Waals surface area (Å²) in [5, 5.41) is 17.5. The summed E-state index contributed by atoms with van der Waals surface area (Å²) < 4.78 is 0. The zero-order chi connectivity index (χ0) is 43.1. The molecule has 318 valence electrons. The second-order valence-electron chi connectivity index (χ2n) is 17.9. The highest BCUT2D eigenvalue weighted by Crippen LogP contribution is 2.29. The average Bonchev–Trinajstić information content (AvgIpc) is 3.83. The van der Waals surface area contributed by atoms with Crippen LogP contribution in [0.2, 0.25) is 0 Å². The zero-order valence-corrected chi connectivity index (χ0v) is 36.2. The van der Waals surface area contributed by atoms with E-state index in [1.54, 1.807) is 11.6 Å². The van der Waals surface area contributed by atoms with Crippen molar-refractivity contribution < 1.29 is 28.8 Å². The Kier molecular flexibility index (Phi) is 15.2. The Labute approximate surface area is 345 Å². The van der Waals surface area contributed by atoms with Gasteiger partial charge < -0.3 is 31.5 Å². The molecule has 1 fully saturated rings. The number of aromatic nitrogens is 1. The lowest BCUT2D eigenvalue weighted by Crippen LogP contribution is -2.65. The number of hydrazine groups is 1. The smallest absolute Gasteiger partial charge is 0.244 e. The van der Waals surface area contributed by atoms with E-state index in [0.29, 0.717) is 18.0 Å². The number of carbonyl (C=O) groups is 6. The molecule has 0 unspecified atom stereocenters. The van der Waals surface area contributed by atoms with Crippen LogP contribution in [0.3, 0.4) is 0 Å². The number of amidine groups is 1. The van der Waals surface area contributed by atoms with Gasteiger partial charge in [0.15, 0.2) is 0 Å². The lowest BCUT2D eigenvalue weighted by Gasteiger charge is -2.39. The van der Waals surface area contributed by atoms with E-state index >= 15 is 0 Å². The number of hydrogen-bond acceptors (Lipinski definition) is 11. The number of benzene rings is 1. The van der Waals surface area contributed by atoms with Crippen molar-refractivity contribution in [3.05, 3.63) is 52.5 Å². The van der Waals surface area contributed by atoms with Gasteiger partial charge in [-0.3, -0.25) is 39.2 Å². The molecule has 8 atom stereocenters. The van der Waals surface area contributed by atoms with Gasteiger partial charge in [0.05, 0.1) is 18.5 Å². The molecule has 4 rings (SSSR count). The number of nitrogens with two attached hydrogens (primary N) is 1. The van der Waals surface area contributed by atoms with Gasteiger partial charge in [-0.1, -0.05) is 99.6 Å². The van der Waals surface area contributed by atoms with Crippen LogP contribution in [0, 0.1) is 22.7 Å². The van der Waals surface area contributed by atoms with Gasteiger partial charge >= 0.3 is 0 Å². The van der Waals surface area contributed by atoms with Gasteiger partial charge in [-0.25, -0.2) is 10.8 Å². The summed E-state index contributed by atoms with van der Waals surface area (Å²) in [6, 6.07) is 3.75. The quantitative estimate of drug-likeness (QED) is 0.100. The molecule has 2 aliphatic rings. The highest BCUT2D eigenvalue weighted by molar-refractivity contribution is 7.09. The largest absolute Gasteiger partial charge is 0.360 e. The van der Waals surface area contributed by atoms with E-state index in [2.05, 4.69) is 37.0 Å². The first kappa shape index (κ1) is 45.8. The Morgan fingerprint density at radius 2 is 1.64 bits per heavy atom. The van der Waals surface area contributed by atoms with Crippen molar-refractivity contribution in [1.82, 2.24) is 41.9 Å². The monoisotopic (exact) mass is 822 g/mol. The van der Waals surface area contributed by atoms with Gasteiger partial charge in [0, 0.05) is 24.0 Å². The number of hydrogen-bond donors (Lipinski definition) is 7. The lowest BCUT2D eigenvalue weighted by atomic mass is 9.82.